The number of thiophene rings is 1. The first kappa shape index (κ1) is 14.7. The van der Waals surface area contributed by atoms with Gasteiger partial charge < -0.3 is 10.3 Å². The van der Waals surface area contributed by atoms with E-state index in [1.54, 1.807) is 0 Å². The Labute approximate surface area is 128 Å². The molecule has 6 heteroatoms. The number of nitrogens with zero attached hydrogens (tertiary/aromatic N) is 2. The van der Waals surface area contributed by atoms with E-state index in [1.165, 1.54) is 24.2 Å². The molecule has 1 aliphatic heterocycles. The van der Waals surface area contributed by atoms with Crippen molar-refractivity contribution in [1.29, 1.82) is 0 Å². The minimum Gasteiger partial charge on any atom is -0.313 e. The standard InChI is InChI=1S/C15H22N4OS/c1-2-7-19(9-11-4-3-6-16-11)10-13-17-12-5-8-21-14(12)15(20)18-13/h5,8,11,16H,2-4,6-7,9-10H2,1H3,(H,17,18,20). The second-order valence-electron chi connectivity index (χ2n) is 5.68. The van der Waals surface area contributed by atoms with Crippen LogP contribution in [0.5, 0.6) is 0 Å². The average molecular weight is 306 g/mol. The molecule has 1 unspecified atom stereocenters. The molecular formula is C15H22N4OS. The summed E-state index contributed by atoms with van der Waals surface area (Å²) in [4.78, 5) is 21.9. The summed E-state index contributed by atoms with van der Waals surface area (Å²) in [5.41, 5.74) is 0.801. The van der Waals surface area contributed by atoms with Crippen LogP contribution in [-0.2, 0) is 6.54 Å². The Morgan fingerprint density at radius 1 is 1.52 bits per heavy atom. The first-order valence-electron chi connectivity index (χ1n) is 7.68. The van der Waals surface area contributed by atoms with E-state index in [0.29, 0.717) is 12.6 Å². The van der Waals surface area contributed by atoms with Gasteiger partial charge in [0.25, 0.3) is 5.56 Å². The van der Waals surface area contributed by atoms with Crippen molar-refractivity contribution in [3.63, 3.8) is 0 Å². The lowest BCUT2D eigenvalue weighted by Gasteiger charge is -2.24. The summed E-state index contributed by atoms with van der Waals surface area (Å²) in [7, 11) is 0. The number of fused-ring (bicyclic) bond motifs is 1. The smallest absolute Gasteiger partial charge is 0.268 e. The third-order valence-corrected chi connectivity index (χ3v) is 4.82. The van der Waals surface area contributed by atoms with Crippen molar-refractivity contribution < 1.29 is 0 Å². The maximum absolute atomic E-state index is 12.0. The lowest BCUT2D eigenvalue weighted by atomic mass is 10.2. The summed E-state index contributed by atoms with van der Waals surface area (Å²) in [6.07, 6.45) is 3.62. The number of aromatic amines is 1. The van der Waals surface area contributed by atoms with Crippen LogP contribution < -0.4 is 10.9 Å². The second kappa shape index (κ2) is 6.68. The maximum atomic E-state index is 12.0. The molecule has 1 fully saturated rings. The van der Waals surface area contributed by atoms with Crippen LogP contribution >= 0.6 is 11.3 Å². The molecule has 0 amide bonds. The molecule has 1 saturated heterocycles. The first-order chi connectivity index (χ1) is 10.3. The van der Waals surface area contributed by atoms with Crippen LogP contribution in [0, 0.1) is 0 Å². The van der Waals surface area contributed by atoms with Crippen LogP contribution in [-0.4, -0.2) is 40.5 Å². The van der Waals surface area contributed by atoms with Gasteiger partial charge in [-0.25, -0.2) is 4.98 Å². The Hall–Kier alpha value is -1.24. The molecule has 114 valence electrons. The summed E-state index contributed by atoms with van der Waals surface area (Å²) in [6.45, 7) is 6.09. The minimum absolute atomic E-state index is 0.0135. The average Bonchev–Trinajstić information content (AvgIpc) is 3.10. The summed E-state index contributed by atoms with van der Waals surface area (Å²) in [6, 6.07) is 2.50. The highest BCUT2D eigenvalue weighted by Crippen LogP contribution is 2.15. The van der Waals surface area contributed by atoms with E-state index in [0.717, 1.165) is 42.1 Å². The van der Waals surface area contributed by atoms with E-state index in [2.05, 4.69) is 27.1 Å². The summed E-state index contributed by atoms with van der Waals surface area (Å²) in [5, 5.41) is 5.46. The lowest BCUT2D eigenvalue weighted by molar-refractivity contribution is 0.236. The largest absolute Gasteiger partial charge is 0.313 e. The topological polar surface area (TPSA) is 61.0 Å². The Morgan fingerprint density at radius 2 is 2.43 bits per heavy atom. The highest BCUT2D eigenvalue weighted by molar-refractivity contribution is 7.17. The number of rotatable bonds is 6. The molecule has 3 heterocycles. The molecule has 2 aromatic heterocycles. The van der Waals surface area contributed by atoms with Crippen molar-refractivity contribution in [3.05, 3.63) is 27.6 Å². The molecule has 21 heavy (non-hydrogen) atoms. The fourth-order valence-electron chi connectivity index (χ4n) is 2.98. The van der Waals surface area contributed by atoms with Gasteiger partial charge in [0.05, 0.1) is 12.1 Å². The van der Waals surface area contributed by atoms with Gasteiger partial charge in [0.15, 0.2) is 0 Å². The predicted octanol–water partition coefficient (Wildman–Crippen LogP) is 1.95. The molecule has 2 N–H and O–H groups in total. The third-order valence-electron chi connectivity index (χ3n) is 3.92. The van der Waals surface area contributed by atoms with E-state index in [4.69, 9.17) is 0 Å². The zero-order valence-corrected chi connectivity index (χ0v) is 13.2. The van der Waals surface area contributed by atoms with Crippen molar-refractivity contribution in [2.24, 2.45) is 0 Å². The van der Waals surface area contributed by atoms with E-state index in [9.17, 15) is 4.79 Å². The number of H-pyrrole nitrogens is 1. The van der Waals surface area contributed by atoms with Crippen molar-refractivity contribution >= 4 is 21.6 Å². The molecule has 2 aromatic rings. The normalized spacial score (nSPS) is 18.9. The molecule has 0 spiro atoms. The van der Waals surface area contributed by atoms with E-state index < -0.39 is 0 Å². The Kier molecular flexibility index (Phi) is 4.67. The van der Waals surface area contributed by atoms with E-state index >= 15 is 0 Å². The van der Waals surface area contributed by atoms with Crippen LogP contribution in [0.2, 0.25) is 0 Å². The minimum atomic E-state index is -0.0135. The lowest BCUT2D eigenvalue weighted by Crippen LogP contribution is -2.38. The van der Waals surface area contributed by atoms with Crippen LogP contribution in [0.4, 0.5) is 0 Å². The van der Waals surface area contributed by atoms with Gasteiger partial charge in [0, 0.05) is 12.6 Å². The fraction of sp³-hybridized carbons (Fsp3) is 0.600. The summed E-state index contributed by atoms with van der Waals surface area (Å²) < 4.78 is 0.721. The van der Waals surface area contributed by atoms with Gasteiger partial charge in [-0.3, -0.25) is 9.69 Å². The van der Waals surface area contributed by atoms with Gasteiger partial charge in [-0.1, -0.05) is 6.92 Å². The van der Waals surface area contributed by atoms with Crippen molar-refractivity contribution in [3.8, 4) is 0 Å². The number of nitrogens with one attached hydrogen (secondary N) is 2. The molecule has 0 saturated carbocycles. The van der Waals surface area contributed by atoms with Gasteiger partial charge >= 0.3 is 0 Å². The fourth-order valence-corrected chi connectivity index (χ4v) is 3.71. The van der Waals surface area contributed by atoms with Crippen LogP contribution in [0.3, 0.4) is 0 Å². The number of aromatic nitrogens is 2. The number of hydrogen-bond acceptors (Lipinski definition) is 5. The van der Waals surface area contributed by atoms with Crippen molar-refractivity contribution in [2.75, 3.05) is 19.6 Å². The molecule has 0 aromatic carbocycles. The molecule has 0 bridgehead atoms. The van der Waals surface area contributed by atoms with Gasteiger partial charge in [-0.2, -0.15) is 0 Å². The van der Waals surface area contributed by atoms with Crippen LogP contribution in [0.15, 0.2) is 16.2 Å². The highest BCUT2D eigenvalue weighted by atomic mass is 32.1. The monoisotopic (exact) mass is 306 g/mol. The van der Waals surface area contributed by atoms with Gasteiger partial charge in [0.2, 0.25) is 0 Å². The molecule has 1 atom stereocenters. The molecule has 0 aliphatic carbocycles. The number of hydrogen-bond donors (Lipinski definition) is 2. The second-order valence-corrected chi connectivity index (χ2v) is 6.59. The Bertz CT molecular complexity index is 644. The Balaban J connectivity index is 1.74. The van der Waals surface area contributed by atoms with Crippen LogP contribution in [0.1, 0.15) is 32.0 Å². The zero-order chi connectivity index (χ0) is 14.7. The summed E-state index contributed by atoms with van der Waals surface area (Å²) >= 11 is 1.45. The molecule has 3 rings (SSSR count). The maximum Gasteiger partial charge on any atom is 0.268 e. The van der Waals surface area contributed by atoms with E-state index in [-0.39, 0.29) is 5.56 Å². The van der Waals surface area contributed by atoms with Crippen LogP contribution in [0.25, 0.3) is 10.2 Å². The van der Waals surface area contributed by atoms with Gasteiger partial charge in [0.1, 0.15) is 10.5 Å². The first-order valence-corrected chi connectivity index (χ1v) is 8.56. The quantitative estimate of drug-likeness (QED) is 0.856. The van der Waals surface area contributed by atoms with Crippen molar-refractivity contribution in [1.82, 2.24) is 20.2 Å². The molecule has 5 nitrogen and oxygen atoms in total. The molecular weight excluding hydrogens is 284 g/mol. The van der Waals surface area contributed by atoms with E-state index in [1.807, 2.05) is 11.4 Å². The van der Waals surface area contributed by atoms with Gasteiger partial charge in [-0.05, 0) is 43.8 Å². The zero-order valence-electron chi connectivity index (χ0n) is 12.4. The SMILES string of the molecule is CCCN(Cc1nc2ccsc2c(=O)[nH]1)CC1CCCN1. The Morgan fingerprint density at radius 3 is 3.19 bits per heavy atom. The molecule has 0 radical (unpaired) electrons. The molecule has 1 aliphatic rings. The highest BCUT2D eigenvalue weighted by Gasteiger charge is 2.18. The predicted molar refractivity (Wildman–Crippen MR) is 86.8 cm³/mol. The summed E-state index contributed by atoms with van der Waals surface area (Å²) in [5.74, 6) is 0.775. The van der Waals surface area contributed by atoms with Gasteiger partial charge in [-0.15, -0.1) is 11.3 Å². The third kappa shape index (κ3) is 3.51. The van der Waals surface area contributed by atoms with Crippen molar-refractivity contribution in [2.45, 2.75) is 38.8 Å².